The van der Waals surface area contributed by atoms with Crippen LogP contribution in [0.1, 0.15) is 24.9 Å². The molecule has 12 heavy (non-hydrogen) atoms. The number of hydrogen-bond donors (Lipinski definition) is 2. The summed E-state index contributed by atoms with van der Waals surface area (Å²) in [5.74, 6) is 0. The third-order valence-electron chi connectivity index (χ3n) is 2.02. The fourth-order valence-corrected chi connectivity index (χ4v) is 1.15. The van der Waals surface area contributed by atoms with Crippen LogP contribution in [0.5, 0.6) is 0 Å². The van der Waals surface area contributed by atoms with Gasteiger partial charge in [-0.05, 0) is 12.0 Å². The predicted molar refractivity (Wildman–Crippen MR) is 49.7 cm³/mol. The third kappa shape index (κ3) is 2.06. The normalized spacial score (nSPS) is 15.6. The van der Waals surface area contributed by atoms with E-state index in [0.717, 1.165) is 5.56 Å². The van der Waals surface area contributed by atoms with Gasteiger partial charge in [-0.15, -0.1) is 0 Å². The van der Waals surface area contributed by atoms with Crippen LogP contribution < -0.4 is 5.73 Å². The maximum Gasteiger partial charge on any atom is 0.0730 e. The first-order valence-corrected chi connectivity index (χ1v) is 4.24. The zero-order valence-electron chi connectivity index (χ0n) is 7.27. The molecule has 2 nitrogen and oxygen atoms in total. The van der Waals surface area contributed by atoms with Crippen molar-refractivity contribution in [2.24, 2.45) is 5.73 Å². The Bertz CT molecular complexity index is 223. The minimum absolute atomic E-state index is 0.254. The van der Waals surface area contributed by atoms with Crippen molar-refractivity contribution in [3.8, 4) is 0 Å². The Morgan fingerprint density at radius 2 is 1.92 bits per heavy atom. The highest BCUT2D eigenvalue weighted by Crippen LogP contribution is 2.15. The summed E-state index contributed by atoms with van der Waals surface area (Å²) in [7, 11) is 0. The molecule has 0 bridgehead atoms. The predicted octanol–water partition coefficient (Wildman–Crippen LogP) is 1.46. The maximum absolute atomic E-state index is 9.45. The van der Waals surface area contributed by atoms with Gasteiger partial charge in [-0.1, -0.05) is 37.3 Å². The molecule has 1 aromatic rings. The Kier molecular flexibility index (Phi) is 3.26. The Morgan fingerprint density at radius 3 is 2.42 bits per heavy atom. The lowest BCUT2D eigenvalue weighted by Gasteiger charge is -2.17. The summed E-state index contributed by atoms with van der Waals surface area (Å²) >= 11 is 0. The number of nitrogens with two attached hydrogens (primary N) is 1. The van der Waals surface area contributed by atoms with Crippen LogP contribution in [-0.4, -0.2) is 11.2 Å². The Morgan fingerprint density at radius 1 is 1.33 bits per heavy atom. The molecule has 1 rings (SSSR count). The summed E-state index contributed by atoms with van der Waals surface area (Å²) in [4.78, 5) is 0. The highest BCUT2D eigenvalue weighted by Gasteiger charge is 2.13. The molecule has 0 aliphatic heterocycles. The zero-order valence-corrected chi connectivity index (χ0v) is 7.27. The topological polar surface area (TPSA) is 46.2 Å². The van der Waals surface area contributed by atoms with Gasteiger partial charge < -0.3 is 10.8 Å². The van der Waals surface area contributed by atoms with Crippen LogP contribution in [0.4, 0.5) is 0 Å². The van der Waals surface area contributed by atoms with Gasteiger partial charge in [-0.25, -0.2) is 0 Å². The summed E-state index contributed by atoms with van der Waals surface area (Å²) in [6.07, 6.45) is 0.253. The monoisotopic (exact) mass is 165 g/mol. The molecule has 1 aromatic carbocycles. The number of hydrogen-bond acceptors (Lipinski definition) is 2. The van der Waals surface area contributed by atoms with Gasteiger partial charge in [-0.2, -0.15) is 0 Å². The van der Waals surface area contributed by atoms with E-state index in [1.165, 1.54) is 0 Å². The van der Waals surface area contributed by atoms with E-state index >= 15 is 0 Å². The van der Waals surface area contributed by atoms with E-state index in [2.05, 4.69) is 0 Å². The molecule has 0 unspecified atom stereocenters. The van der Waals surface area contributed by atoms with Crippen molar-refractivity contribution >= 4 is 0 Å². The van der Waals surface area contributed by atoms with Crippen LogP contribution in [0.3, 0.4) is 0 Å². The third-order valence-corrected chi connectivity index (χ3v) is 2.02. The molecule has 0 fully saturated rings. The van der Waals surface area contributed by atoms with Crippen molar-refractivity contribution in [2.75, 3.05) is 0 Å². The highest BCUT2D eigenvalue weighted by molar-refractivity contribution is 5.19. The van der Waals surface area contributed by atoms with E-state index in [-0.39, 0.29) is 6.04 Å². The van der Waals surface area contributed by atoms with E-state index < -0.39 is 6.10 Å². The molecule has 0 saturated carbocycles. The molecule has 3 N–H and O–H groups in total. The summed E-state index contributed by atoms with van der Waals surface area (Å²) < 4.78 is 0. The van der Waals surface area contributed by atoms with E-state index in [4.69, 9.17) is 5.73 Å². The van der Waals surface area contributed by atoms with Crippen LogP contribution in [0, 0.1) is 0 Å². The smallest absolute Gasteiger partial charge is 0.0730 e. The molecular formula is C10H15NO. The molecule has 0 amide bonds. The van der Waals surface area contributed by atoms with E-state index in [1.807, 2.05) is 37.3 Å². The molecule has 0 heterocycles. The van der Waals surface area contributed by atoms with Crippen molar-refractivity contribution in [1.82, 2.24) is 0 Å². The maximum atomic E-state index is 9.45. The second-order valence-electron chi connectivity index (χ2n) is 2.91. The lowest BCUT2D eigenvalue weighted by atomic mass is 10.0. The average Bonchev–Trinajstić information content (AvgIpc) is 2.17. The Balaban J connectivity index is 2.71. The second kappa shape index (κ2) is 4.24. The van der Waals surface area contributed by atoms with E-state index in [9.17, 15) is 5.11 Å². The van der Waals surface area contributed by atoms with Gasteiger partial charge in [0.1, 0.15) is 0 Å². The lowest BCUT2D eigenvalue weighted by molar-refractivity contribution is 0.140. The molecule has 66 valence electrons. The molecular weight excluding hydrogens is 150 g/mol. The van der Waals surface area contributed by atoms with E-state index in [1.54, 1.807) is 0 Å². The van der Waals surface area contributed by atoms with Gasteiger partial charge in [0.15, 0.2) is 0 Å². The van der Waals surface area contributed by atoms with Crippen LogP contribution in [0.2, 0.25) is 0 Å². The van der Waals surface area contributed by atoms with Gasteiger partial charge in [0, 0.05) is 0 Å². The molecule has 2 atom stereocenters. The molecule has 2 heteroatoms. The lowest BCUT2D eigenvalue weighted by Crippen LogP contribution is -2.25. The van der Waals surface area contributed by atoms with Crippen molar-refractivity contribution in [3.05, 3.63) is 35.9 Å². The molecule has 0 spiro atoms. The first-order chi connectivity index (χ1) is 5.75. The summed E-state index contributed by atoms with van der Waals surface area (Å²) in [5.41, 5.74) is 6.79. The fourth-order valence-electron chi connectivity index (χ4n) is 1.15. The second-order valence-corrected chi connectivity index (χ2v) is 2.91. The molecule has 0 aromatic heterocycles. The van der Waals surface area contributed by atoms with Crippen molar-refractivity contribution in [3.63, 3.8) is 0 Å². The van der Waals surface area contributed by atoms with Crippen molar-refractivity contribution in [1.29, 1.82) is 0 Å². The number of rotatable bonds is 3. The summed E-state index contributed by atoms with van der Waals surface area (Å²) in [6.45, 7) is 1.92. The molecule has 0 radical (unpaired) electrons. The minimum Gasteiger partial charge on any atom is -0.391 e. The first-order valence-electron chi connectivity index (χ1n) is 4.24. The first kappa shape index (κ1) is 9.23. The van der Waals surface area contributed by atoms with E-state index in [0.29, 0.717) is 6.42 Å². The Labute approximate surface area is 73.0 Å². The SMILES string of the molecule is CC[C@H](O)[C@@H](N)c1ccccc1. The van der Waals surface area contributed by atoms with Crippen LogP contribution in [-0.2, 0) is 0 Å². The summed E-state index contributed by atoms with van der Waals surface area (Å²) in [5, 5.41) is 9.45. The van der Waals surface area contributed by atoms with Gasteiger partial charge in [0.2, 0.25) is 0 Å². The standard InChI is InChI=1S/C10H15NO/c1-2-9(12)10(11)8-6-4-3-5-7-8/h3-7,9-10,12H,2,11H2,1H3/t9-,10-/m0/s1. The molecule has 0 aliphatic rings. The van der Waals surface area contributed by atoms with Crippen LogP contribution >= 0.6 is 0 Å². The number of aliphatic hydroxyl groups excluding tert-OH is 1. The van der Waals surface area contributed by atoms with Gasteiger partial charge in [0.25, 0.3) is 0 Å². The van der Waals surface area contributed by atoms with Crippen molar-refractivity contribution in [2.45, 2.75) is 25.5 Å². The zero-order chi connectivity index (χ0) is 8.97. The van der Waals surface area contributed by atoms with Gasteiger partial charge in [0.05, 0.1) is 12.1 Å². The summed E-state index contributed by atoms with van der Waals surface area (Å²) in [6, 6.07) is 9.41. The van der Waals surface area contributed by atoms with Crippen molar-refractivity contribution < 1.29 is 5.11 Å². The highest BCUT2D eigenvalue weighted by atomic mass is 16.3. The largest absolute Gasteiger partial charge is 0.391 e. The molecule has 0 saturated heterocycles. The number of aliphatic hydroxyl groups is 1. The molecule has 0 aliphatic carbocycles. The minimum atomic E-state index is -0.438. The van der Waals surface area contributed by atoms with Gasteiger partial charge in [-0.3, -0.25) is 0 Å². The number of benzene rings is 1. The Hall–Kier alpha value is -0.860. The quantitative estimate of drug-likeness (QED) is 0.712. The fraction of sp³-hybridized carbons (Fsp3) is 0.400. The van der Waals surface area contributed by atoms with Crippen LogP contribution in [0.25, 0.3) is 0 Å². The van der Waals surface area contributed by atoms with Gasteiger partial charge >= 0.3 is 0 Å². The average molecular weight is 165 g/mol. The van der Waals surface area contributed by atoms with Crippen LogP contribution in [0.15, 0.2) is 30.3 Å².